The number of anilines is 1. The van der Waals surface area contributed by atoms with E-state index in [4.69, 9.17) is 9.26 Å². The molecule has 0 saturated heterocycles. The molecule has 3 heterocycles. The lowest BCUT2D eigenvalue weighted by molar-refractivity contribution is 0.0258. The lowest BCUT2D eigenvalue weighted by atomic mass is 10.00. The van der Waals surface area contributed by atoms with E-state index in [1.54, 1.807) is 17.2 Å². The van der Waals surface area contributed by atoms with E-state index in [2.05, 4.69) is 38.6 Å². The molecule has 0 saturated carbocycles. The molecule has 4 rings (SSSR count). The first-order chi connectivity index (χ1) is 16.8. The van der Waals surface area contributed by atoms with Crippen LogP contribution in [0.25, 0.3) is 22.8 Å². The number of carbonyl (C=O) groups excluding carboxylic acids is 1. The van der Waals surface area contributed by atoms with Crippen molar-refractivity contribution >= 4 is 11.9 Å². The minimum atomic E-state index is -0.518. The summed E-state index contributed by atoms with van der Waals surface area (Å²) in [7, 11) is 0. The van der Waals surface area contributed by atoms with Gasteiger partial charge in [-0.05, 0) is 63.3 Å². The molecule has 182 valence electrons. The fourth-order valence-electron chi connectivity index (χ4n) is 3.88. The number of nitrogens with one attached hydrogen (secondary N) is 1. The fourth-order valence-corrected chi connectivity index (χ4v) is 3.88. The Hall–Kier alpha value is -3.93. The molecule has 0 unspecified atom stereocenters. The number of fused-ring (bicyclic) bond motifs is 1. The summed E-state index contributed by atoms with van der Waals surface area (Å²) in [5.74, 6) is 1.31. The Bertz CT molecular complexity index is 1250. The number of rotatable bonds is 5. The summed E-state index contributed by atoms with van der Waals surface area (Å²) in [6.07, 6.45) is 3.75. The topological polar surface area (TPSA) is 117 Å². The molecule has 0 spiro atoms. The summed E-state index contributed by atoms with van der Waals surface area (Å²) in [5, 5.41) is 16.8. The maximum Gasteiger partial charge on any atom is 0.410 e. The molecule has 0 bridgehead atoms. The number of hydrogen-bond donors (Lipinski definition) is 1. The largest absolute Gasteiger partial charge is 0.444 e. The summed E-state index contributed by atoms with van der Waals surface area (Å²) in [4.78, 5) is 23.2. The third-order valence-electron chi connectivity index (χ3n) is 5.64. The monoisotopic (exact) mass is 474 g/mol. The first-order valence-electron chi connectivity index (χ1n) is 11.9. The number of hydrogen-bond acceptors (Lipinski definition) is 8. The Morgan fingerprint density at radius 1 is 1.20 bits per heavy atom. The standard InChI is InChI=1S/C26H30N6O3/c1-5-10-28-22-20(15-27)14-21(16-29-22)24-30-23(31-35-24)19-7-6-17-8-11-32(12-9-18(17)13-19)25(33)34-26(2,3)4/h6-7,13-14,16H,5,8-12H2,1-4H3,(H,28,29). The molecule has 0 aliphatic carbocycles. The van der Waals surface area contributed by atoms with Crippen LogP contribution in [0.4, 0.5) is 10.6 Å². The predicted molar refractivity (Wildman–Crippen MR) is 132 cm³/mol. The lowest BCUT2D eigenvalue weighted by Gasteiger charge is -2.26. The van der Waals surface area contributed by atoms with Gasteiger partial charge in [-0.1, -0.05) is 24.2 Å². The maximum absolute atomic E-state index is 12.5. The van der Waals surface area contributed by atoms with Crippen LogP contribution in [0.5, 0.6) is 0 Å². The first kappa shape index (κ1) is 24.2. The molecule has 9 heteroatoms. The van der Waals surface area contributed by atoms with Crippen molar-refractivity contribution in [2.45, 2.75) is 52.6 Å². The van der Waals surface area contributed by atoms with E-state index >= 15 is 0 Å². The third-order valence-corrected chi connectivity index (χ3v) is 5.64. The molecular formula is C26H30N6O3. The summed E-state index contributed by atoms with van der Waals surface area (Å²) < 4.78 is 11.0. The van der Waals surface area contributed by atoms with Gasteiger partial charge in [0.05, 0.1) is 11.1 Å². The molecular weight excluding hydrogens is 444 g/mol. The van der Waals surface area contributed by atoms with E-state index in [0.29, 0.717) is 41.7 Å². The number of carbonyl (C=O) groups is 1. The highest BCUT2D eigenvalue weighted by molar-refractivity contribution is 5.69. The summed E-state index contributed by atoms with van der Waals surface area (Å²) >= 11 is 0. The fraction of sp³-hybridized carbons (Fsp3) is 0.423. The molecule has 35 heavy (non-hydrogen) atoms. The summed E-state index contributed by atoms with van der Waals surface area (Å²) in [6, 6.07) is 9.94. The van der Waals surface area contributed by atoms with Crippen molar-refractivity contribution in [2.75, 3.05) is 25.0 Å². The van der Waals surface area contributed by atoms with Gasteiger partial charge < -0.3 is 19.5 Å². The van der Waals surface area contributed by atoms with E-state index in [-0.39, 0.29) is 6.09 Å². The Morgan fingerprint density at radius 2 is 1.97 bits per heavy atom. The van der Waals surface area contributed by atoms with E-state index in [0.717, 1.165) is 36.9 Å². The van der Waals surface area contributed by atoms with Crippen LogP contribution in [0, 0.1) is 11.3 Å². The highest BCUT2D eigenvalue weighted by Crippen LogP contribution is 2.27. The smallest absolute Gasteiger partial charge is 0.410 e. The van der Waals surface area contributed by atoms with Gasteiger partial charge >= 0.3 is 6.09 Å². The van der Waals surface area contributed by atoms with Crippen LogP contribution in [0.15, 0.2) is 35.0 Å². The van der Waals surface area contributed by atoms with Gasteiger partial charge in [0.25, 0.3) is 5.89 Å². The Labute approximate surface area is 205 Å². The highest BCUT2D eigenvalue weighted by atomic mass is 16.6. The van der Waals surface area contributed by atoms with Crippen LogP contribution in [0.2, 0.25) is 0 Å². The normalized spacial score (nSPS) is 13.5. The molecule has 0 radical (unpaired) electrons. The van der Waals surface area contributed by atoms with Gasteiger partial charge in [-0.25, -0.2) is 9.78 Å². The van der Waals surface area contributed by atoms with Crippen LogP contribution in [-0.4, -0.2) is 51.4 Å². The number of nitrogens with zero attached hydrogens (tertiary/aromatic N) is 5. The van der Waals surface area contributed by atoms with E-state index in [1.165, 1.54) is 5.56 Å². The SMILES string of the molecule is CCCNc1ncc(-c2nc(-c3ccc4c(c3)CCN(C(=O)OC(C)(C)C)CC4)no2)cc1C#N. The zero-order valence-electron chi connectivity index (χ0n) is 20.6. The van der Waals surface area contributed by atoms with Crippen LogP contribution in [-0.2, 0) is 17.6 Å². The highest BCUT2D eigenvalue weighted by Gasteiger charge is 2.24. The quantitative estimate of drug-likeness (QED) is 0.559. The Morgan fingerprint density at radius 3 is 2.69 bits per heavy atom. The Balaban J connectivity index is 1.51. The van der Waals surface area contributed by atoms with E-state index in [9.17, 15) is 10.1 Å². The molecule has 1 N–H and O–H groups in total. The third kappa shape index (κ3) is 5.77. The second-order valence-electron chi connectivity index (χ2n) is 9.53. The van der Waals surface area contributed by atoms with Gasteiger partial charge in [-0.15, -0.1) is 0 Å². The first-order valence-corrected chi connectivity index (χ1v) is 11.9. The van der Waals surface area contributed by atoms with E-state index in [1.807, 2.05) is 33.8 Å². The second-order valence-corrected chi connectivity index (χ2v) is 9.53. The molecule has 1 amide bonds. The second kappa shape index (κ2) is 10.1. The van der Waals surface area contributed by atoms with Gasteiger partial charge in [0, 0.05) is 31.4 Å². The number of aromatic nitrogens is 3. The number of nitriles is 1. The van der Waals surface area contributed by atoms with Crippen LogP contribution in [0.3, 0.4) is 0 Å². The predicted octanol–water partition coefficient (Wildman–Crippen LogP) is 4.83. The zero-order chi connectivity index (χ0) is 25.0. The van der Waals surface area contributed by atoms with Gasteiger partial charge in [-0.3, -0.25) is 0 Å². The van der Waals surface area contributed by atoms with Gasteiger partial charge in [0.1, 0.15) is 17.5 Å². The van der Waals surface area contributed by atoms with Crippen molar-refractivity contribution in [3.05, 3.63) is 47.2 Å². The van der Waals surface area contributed by atoms with Crippen LogP contribution < -0.4 is 5.32 Å². The molecule has 2 aromatic heterocycles. The molecule has 1 aliphatic heterocycles. The molecule has 9 nitrogen and oxygen atoms in total. The molecule has 1 aliphatic rings. The molecule has 0 atom stereocenters. The number of amides is 1. The van der Waals surface area contributed by atoms with Gasteiger partial charge in [0.2, 0.25) is 5.82 Å². The van der Waals surface area contributed by atoms with Crippen molar-refractivity contribution in [2.24, 2.45) is 0 Å². The molecule has 0 fully saturated rings. The van der Waals surface area contributed by atoms with Gasteiger partial charge in [0.15, 0.2) is 0 Å². The average Bonchev–Trinajstić information content (AvgIpc) is 3.22. The average molecular weight is 475 g/mol. The van der Waals surface area contributed by atoms with Crippen molar-refractivity contribution in [3.8, 4) is 28.9 Å². The van der Waals surface area contributed by atoms with Crippen molar-refractivity contribution in [3.63, 3.8) is 0 Å². The summed E-state index contributed by atoms with van der Waals surface area (Å²) in [5.41, 5.74) is 3.68. The van der Waals surface area contributed by atoms with E-state index < -0.39 is 5.60 Å². The van der Waals surface area contributed by atoms with Gasteiger partial charge in [-0.2, -0.15) is 10.2 Å². The maximum atomic E-state index is 12.5. The minimum absolute atomic E-state index is 0.283. The Kier molecular flexibility index (Phi) is 7.01. The minimum Gasteiger partial charge on any atom is -0.444 e. The summed E-state index contributed by atoms with van der Waals surface area (Å²) in [6.45, 7) is 9.61. The lowest BCUT2D eigenvalue weighted by Crippen LogP contribution is -2.38. The number of benzene rings is 1. The van der Waals surface area contributed by atoms with Crippen molar-refractivity contribution < 1.29 is 14.1 Å². The van der Waals surface area contributed by atoms with Crippen molar-refractivity contribution in [1.82, 2.24) is 20.0 Å². The van der Waals surface area contributed by atoms with Crippen LogP contribution in [0.1, 0.15) is 50.8 Å². The zero-order valence-corrected chi connectivity index (χ0v) is 20.6. The number of pyridine rings is 1. The molecule has 1 aromatic carbocycles. The molecule has 3 aromatic rings. The number of ether oxygens (including phenoxy) is 1. The van der Waals surface area contributed by atoms with Crippen molar-refractivity contribution in [1.29, 1.82) is 5.26 Å². The van der Waals surface area contributed by atoms with Crippen LogP contribution >= 0.6 is 0 Å².